The lowest BCUT2D eigenvalue weighted by molar-refractivity contribution is 0.283. The Bertz CT molecular complexity index is 246. The van der Waals surface area contributed by atoms with Crippen LogP contribution in [0.1, 0.15) is 24.8 Å². The van der Waals surface area contributed by atoms with Crippen molar-refractivity contribution in [3.05, 3.63) is 29.8 Å². The molecule has 0 saturated carbocycles. The van der Waals surface area contributed by atoms with Crippen LogP contribution in [-0.2, 0) is 6.42 Å². The fourth-order valence-electron chi connectivity index (χ4n) is 1.33. The highest BCUT2D eigenvalue weighted by Crippen LogP contribution is 2.17. The summed E-state index contributed by atoms with van der Waals surface area (Å²) in [6.07, 6.45) is 3.79. The number of aliphatic hydroxyl groups excluding tert-OH is 1. The maximum atomic E-state index is 9.42. The number of unbranched alkanes of at least 4 members (excludes halogenated alkanes) is 2. The molecule has 72 valence electrons. The third kappa shape index (κ3) is 3.47. The van der Waals surface area contributed by atoms with Gasteiger partial charge < -0.3 is 10.2 Å². The normalized spacial score (nSPS) is 10.2. The van der Waals surface area contributed by atoms with Crippen LogP contribution in [0, 0.1) is 0 Å². The zero-order chi connectivity index (χ0) is 9.52. The summed E-state index contributed by atoms with van der Waals surface area (Å²) in [5, 5.41) is 18.0. The number of rotatable bonds is 5. The molecule has 2 nitrogen and oxygen atoms in total. The van der Waals surface area contributed by atoms with Gasteiger partial charge in [0.25, 0.3) is 0 Å². The first-order valence-corrected chi connectivity index (χ1v) is 4.72. The summed E-state index contributed by atoms with van der Waals surface area (Å²) in [6, 6.07) is 7.41. The Balaban J connectivity index is 2.32. The van der Waals surface area contributed by atoms with Crippen molar-refractivity contribution in [1.29, 1.82) is 0 Å². The van der Waals surface area contributed by atoms with Gasteiger partial charge in [-0.05, 0) is 30.9 Å². The van der Waals surface area contributed by atoms with Crippen LogP contribution in [0.2, 0.25) is 0 Å². The molecule has 13 heavy (non-hydrogen) atoms. The van der Waals surface area contributed by atoms with Crippen molar-refractivity contribution in [2.24, 2.45) is 0 Å². The van der Waals surface area contributed by atoms with Gasteiger partial charge in [0.15, 0.2) is 0 Å². The van der Waals surface area contributed by atoms with E-state index in [0.717, 1.165) is 31.2 Å². The molecule has 1 aromatic rings. The second kappa shape index (κ2) is 5.60. The highest BCUT2D eigenvalue weighted by Gasteiger charge is 1.98. The molecule has 0 unspecified atom stereocenters. The Hall–Kier alpha value is -1.02. The van der Waals surface area contributed by atoms with E-state index < -0.39 is 0 Å². The predicted octanol–water partition coefficient (Wildman–Crippen LogP) is 2.10. The number of para-hydroxylation sites is 1. The number of aliphatic hydroxyl groups is 1. The van der Waals surface area contributed by atoms with E-state index in [2.05, 4.69) is 0 Å². The third-order valence-electron chi connectivity index (χ3n) is 2.10. The van der Waals surface area contributed by atoms with Crippen LogP contribution in [0.15, 0.2) is 24.3 Å². The molecule has 2 N–H and O–H groups in total. The maximum absolute atomic E-state index is 9.42. The predicted molar refractivity (Wildman–Crippen MR) is 52.7 cm³/mol. The molecule has 0 atom stereocenters. The first-order valence-electron chi connectivity index (χ1n) is 4.72. The molecule has 0 fully saturated rings. The molecule has 0 aliphatic heterocycles. The van der Waals surface area contributed by atoms with Crippen LogP contribution in [0.25, 0.3) is 0 Å². The summed E-state index contributed by atoms with van der Waals surface area (Å²) < 4.78 is 0. The molecule has 1 rings (SSSR count). The van der Waals surface area contributed by atoms with Crippen molar-refractivity contribution < 1.29 is 10.2 Å². The van der Waals surface area contributed by atoms with Gasteiger partial charge in [0.2, 0.25) is 0 Å². The number of aryl methyl sites for hydroxylation is 1. The van der Waals surface area contributed by atoms with E-state index in [1.807, 2.05) is 18.2 Å². The van der Waals surface area contributed by atoms with E-state index in [1.54, 1.807) is 6.07 Å². The second-order valence-corrected chi connectivity index (χ2v) is 3.16. The summed E-state index contributed by atoms with van der Waals surface area (Å²) in [7, 11) is 0. The number of hydrogen-bond acceptors (Lipinski definition) is 2. The SMILES string of the molecule is OCCCCCc1ccccc1O. The number of hydrogen-bond donors (Lipinski definition) is 2. The van der Waals surface area contributed by atoms with Crippen LogP contribution in [0.4, 0.5) is 0 Å². The molecule has 0 spiro atoms. The lowest BCUT2D eigenvalue weighted by Gasteiger charge is -2.02. The molecule has 0 amide bonds. The minimum Gasteiger partial charge on any atom is -0.508 e. The number of aromatic hydroxyl groups is 1. The fourth-order valence-corrected chi connectivity index (χ4v) is 1.33. The number of phenolic OH excluding ortho intramolecular Hbond substituents is 1. The van der Waals surface area contributed by atoms with E-state index in [0.29, 0.717) is 5.75 Å². The van der Waals surface area contributed by atoms with Gasteiger partial charge in [0.05, 0.1) is 0 Å². The molecule has 0 aliphatic carbocycles. The lowest BCUT2D eigenvalue weighted by atomic mass is 10.1. The van der Waals surface area contributed by atoms with E-state index in [9.17, 15) is 5.11 Å². The van der Waals surface area contributed by atoms with Gasteiger partial charge in [-0.25, -0.2) is 0 Å². The average Bonchev–Trinajstić information content (AvgIpc) is 2.15. The largest absolute Gasteiger partial charge is 0.508 e. The van der Waals surface area contributed by atoms with Gasteiger partial charge >= 0.3 is 0 Å². The van der Waals surface area contributed by atoms with E-state index in [-0.39, 0.29) is 6.61 Å². The molecule has 0 saturated heterocycles. The molecule has 2 heteroatoms. The summed E-state index contributed by atoms with van der Waals surface area (Å²) in [4.78, 5) is 0. The van der Waals surface area contributed by atoms with Crippen molar-refractivity contribution in [1.82, 2.24) is 0 Å². The van der Waals surface area contributed by atoms with E-state index in [4.69, 9.17) is 5.11 Å². The van der Waals surface area contributed by atoms with Crippen molar-refractivity contribution in [3.63, 3.8) is 0 Å². The summed E-state index contributed by atoms with van der Waals surface area (Å²) in [5.41, 5.74) is 1.00. The molecular formula is C11H16O2. The minimum absolute atomic E-state index is 0.265. The van der Waals surface area contributed by atoms with Crippen molar-refractivity contribution >= 4 is 0 Å². The molecule has 0 bridgehead atoms. The minimum atomic E-state index is 0.265. The van der Waals surface area contributed by atoms with Crippen LogP contribution >= 0.6 is 0 Å². The van der Waals surface area contributed by atoms with E-state index in [1.165, 1.54) is 0 Å². The Labute approximate surface area is 78.8 Å². The summed E-state index contributed by atoms with van der Waals surface area (Å²) in [5.74, 6) is 0.381. The van der Waals surface area contributed by atoms with E-state index >= 15 is 0 Å². The van der Waals surface area contributed by atoms with Crippen LogP contribution in [0.5, 0.6) is 5.75 Å². The van der Waals surface area contributed by atoms with Gasteiger partial charge in [0, 0.05) is 6.61 Å². The quantitative estimate of drug-likeness (QED) is 0.681. The Kier molecular flexibility index (Phi) is 4.33. The van der Waals surface area contributed by atoms with Gasteiger partial charge in [-0.3, -0.25) is 0 Å². The van der Waals surface area contributed by atoms with Crippen LogP contribution in [-0.4, -0.2) is 16.8 Å². The first kappa shape index (κ1) is 10.1. The zero-order valence-electron chi connectivity index (χ0n) is 7.74. The van der Waals surface area contributed by atoms with Crippen molar-refractivity contribution in [3.8, 4) is 5.75 Å². The van der Waals surface area contributed by atoms with Crippen molar-refractivity contribution in [2.45, 2.75) is 25.7 Å². The number of phenols is 1. The first-order chi connectivity index (χ1) is 6.34. The van der Waals surface area contributed by atoms with Crippen molar-refractivity contribution in [2.75, 3.05) is 6.61 Å². The van der Waals surface area contributed by atoms with Gasteiger partial charge in [-0.1, -0.05) is 24.6 Å². The monoisotopic (exact) mass is 180 g/mol. The summed E-state index contributed by atoms with van der Waals surface area (Å²) >= 11 is 0. The second-order valence-electron chi connectivity index (χ2n) is 3.16. The molecule has 0 aromatic heterocycles. The molecule has 0 aliphatic rings. The fraction of sp³-hybridized carbons (Fsp3) is 0.455. The standard InChI is InChI=1S/C11H16O2/c12-9-5-1-2-6-10-7-3-4-8-11(10)13/h3-4,7-8,12-13H,1-2,5-6,9H2. The van der Waals surface area contributed by atoms with Gasteiger partial charge in [0.1, 0.15) is 5.75 Å². The summed E-state index contributed by atoms with van der Waals surface area (Å²) in [6.45, 7) is 0.265. The maximum Gasteiger partial charge on any atom is 0.118 e. The molecule has 1 aromatic carbocycles. The third-order valence-corrected chi connectivity index (χ3v) is 2.10. The highest BCUT2D eigenvalue weighted by molar-refractivity contribution is 5.31. The number of benzene rings is 1. The smallest absolute Gasteiger partial charge is 0.118 e. The molecular weight excluding hydrogens is 164 g/mol. The Morgan fingerprint density at radius 3 is 2.46 bits per heavy atom. The van der Waals surface area contributed by atoms with Crippen LogP contribution < -0.4 is 0 Å². The highest BCUT2D eigenvalue weighted by atomic mass is 16.3. The Morgan fingerprint density at radius 2 is 1.77 bits per heavy atom. The Morgan fingerprint density at radius 1 is 1.00 bits per heavy atom. The average molecular weight is 180 g/mol. The van der Waals surface area contributed by atoms with Gasteiger partial charge in [-0.2, -0.15) is 0 Å². The lowest BCUT2D eigenvalue weighted by Crippen LogP contribution is -1.88. The molecule has 0 radical (unpaired) electrons. The van der Waals surface area contributed by atoms with Crippen LogP contribution in [0.3, 0.4) is 0 Å². The molecule has 0 heterocycles. The topological polar surface area (TPSA) is 40.5 Å². The zero-order valence-corrected chi connectivity index (χ0v) is 7.74. The van der Waals surface area contributed by atoms with Gasteiger partial charge in [-0.15, -0.1) is 0 Å².